The van der Waals surface area contributed by atoms with E-state index in [2.05, 4.69) is 25.8 Å². The van der Waals surface area contributed by atoms with Crippen LogP contribution in [0.5, 0.6) is 5.75 Å². The van der Waals surface area contributed by atoms with Crippen molar-refractivity contribution in [1.29, 1.82) is 0 Å². The Bertz CT molecular complexity index is 506. The SMILES string of the molecule is Cn1c(C(C)(C)C)nc2ccc(O)cc21. The molecule has 1 aromatic heterocycles. The third-order valence-corrected chi connectivity index (χ3v) is 2.54. The summed E-state index contributed by atoms with van der Waals surface area (Å²) < 4.78 is 2.04. The maximum Gasteiger partial charge on any atom is 0.117 e. The van der Waals surface area contributed by atoms with E-state index >= 15 is 0 Å². The fourth-order valence-electron chi connectivity index (χ4n) is 1.85. The Kier molecular flexibility index (Phi) is 2.00. The van der Waals surface area contributed by atoms with Crippen LogP contribution in [0.3, 0.4) is 0 Å². The van der Waals surface area contributed by atoms with Gasteiger partial charge < -0.3 is 9.67 Å². The highest BCUT2D eigenvalue weighted by molar-refractivity contribution is 5.77. The van der Waals surface area contributed by atoms with Crippen molar-refractivity contribution in [1.82, 2.24) is 9.55 Å². The van der Waals surface area contributed by atoms with Gasteiger partial charge in [0.25, 0.3) is 0 Å². The third kappa shape index (κ3) is 1.58. The van der Waals surface area contributed by atoms with Gasteiger partial charge in [0, 0.05) is 18.5 Å². The first-order valence-electron chi connectivity index (χ1n) is 5.05. The minimum Gasteiger partial charge on any atom is -0.508 e. The predicted octanol–water partition coefficient (Wildman–Crippen LogP) is 2.58. The molecule has 0 aliphatic rings. The van der Waals surface area contributed by atoms with Crippen molar-refractivity contribution in [2.24, 2.45) is 7.05 Å². The van der Waals surface area contributed by atoms with Gasteiger partial charge in [-0.25, -0.2) is 4.98 Å². The lowest BCUT2D eigenvalue weighted by atomic mass is 9.96. The Hall–Kier alpha value is -1.51. The summed E-state index contributed by atoms with van der Waals surface area (Å²) in [4.78, 5) is 4.58. The molecule has 0 saturated carbocycles. The lowest BCUT2D eigenvalue weighted by Crippen LogP contribution is -2.17. The smallest absolute Gasteiger partial charge is 0.117 e. The molecule has 0 radical (unpaired) electrons. The predicted molar refractivity (Wildman–Crippen MR) is 61.1 cm³/mol. The molecule has 0 aliphatic carbocycles. The molecule has 0 saturated heterocycles. The molecule has 0 unspecified atom stereocenters. The van der Waals surface area contributed by atoms with Crippen molar-refractivity contribution in [3.63, 3.8) is 0 Å². The van der Waals surface area contributed by atoms with Gasteiger partial charge in [0.05, 0.1) is 11.0 Å². The Morgan fingerprint density at radius 1 is 1.27 bits per heavy atom. The second kappa shape index (κ2) is 2.99. The summed E-state index contributed by atoms with van der Waals surface area (Å²) in [7, 11) is 1.98. The summed E-state index contributed by atoms with van der Waals surface area (Å²) in [5.41, 5.74) is 1.92. The molecular formula is C12H16N2O. The van der Waals surface area contributed by atoms with Crippen LogP contribution in [0.15, 0.2) is 18.2 Å². The molecule has 15 heavy (non-hydrogen) atoms. The maximum absolute atomic E-state index is 9.43. The first-order chi connectivity index (χ1) is 6.89. The number of phenols is 1. The zero-order chi connectivity index (χ0) is 11.2. The van der Waals surface area contributed by atoms with Gasteiger partial charge in [0.1, 0.15) is 11.6 Å². The quantitative estimate of drug-likeness (QED) is 0.716. The van der Waals surface area contributed by atoms with Crippen LogP contribution in [0.4, 0.5) is 0 Å². The fraction of sp³-hybridized carbons (Fsp3) is 0.417. The van der Waals surface area contributed by atoms with Crippen LogP contribution in [-0.2, 0) is 12.5 Å². The first-order valence-corrected chi connectivity index (χ1v) is 5.05. The molecule has 0 atom stereocenters. The molecule has 0 fully saturated rings. The Morgan fingerprint density at radius 3 is 2.53 bits per heavy atom. The van der Waals surface area contributed by atoms with E-state index in [-0.39, 0.29) is 11.2 Å². The molecule has 3 heteroatoms. The largest absolute Gasteiger partial charge is 0.508 e. The summed E-state index contributed by atoms with van der Waals surface area (Å²) in [6.45, 7) is 6.40. The van der Waals surface area contributed by atoms with E-state index in [0.29, 0.717) is 0 Å². The summed E-state index contributed by atoms with van der Waals surface area (Å²) in [5.74, 6) is 1.31. The minimum absolute atomic E-state index is 0.0173. The fourth-order valence-corrected chi connectivity index (χ4v) is 1.85. The second-order valence-corrected chi connectivity index (χ2v) is 4.92. The Morgan fingerprint density at radius 2 is 1.93 bits per heavy atom. The topological polar surface area (TPSA) is 38.0 Å². The van der Waals surface area contributed by atoms with Crippen molar-refractivity contribution in [2.75, 3.05) is 0 Å². The van der Waals surface area contributed by atoms with Crippen LogP contribution < -0.4 is 0 Å². The number of phenolic OH excluding ortho intramolecular Hbond substituents is 1. The number of fused-ring (bicyclic) bond motifs is 1. The zero-order valence-corrected chi connectivity index (χ0v) is 9.57. The molecule has 3 nitrogen and oxygen atoms in total. The molecule has 1 heterocycles. The lowest BCUT2D eigenvalue weighted by Gasteiger charge is -2.17. The van der Waals surface area contributed by atoms with Gasteiger partial charge in [-0.1, -0.05) is 20.8 Å². The molecule has 1 N–H and O–H groups in total. The van der Waals surface area contributed by atoms with Crippen LogP contribution in [0.2, 0.25) is 0 Å². The maximum atomic E-state index is 9.43. The summed E-state index contributed by atoms with van der Waals surface area (Å²) in [6.07, 6.45) is 0. The van der Waals surface area contributed by atoms with Gasteiger partial charge in [-0.2, -0.15) is 0 Å². The van der Waals surface area contributed by atoms with Gasteiger partial charge in [0.15, 0.2) is 0 Å². The number of hydrogen-bond acceptors (Lipinski definition) is 2. The standard InChI is InChI=1S/C12H16N2O/c1-12(2,3)11-13-9-6-5-8(15)7-10(9)14(11)4/h5-7,15H,1-4H3. The first kappa shape index (κ1) is 10.0. The molecule has 0 amide bonds. The van der Waals surface area contributed by atoms with Gasteiger partial charge in [-0.3, -0.25) is 0 Å². The van der Waals surface area contributed by atoms with E-state index in [1.807, 2.05) is 17.7 Å². The minimum atomic E-state index is 0.0173. The van der Waals surface area contributed by atoms with Crippen molar-refractivity contribution < 1.29 is 5.11 Å². The van der Waals surface area contributed by atoms with Gasteiger partial charge in [0.2, 0.25) is 0 Å². The van der Waals surface area contributed by atoms with E-state index in [1.54, 1.807) is 12.1 Å². The van der Waals surface area contributed by atoms with E-state index in [0.717, 1.165) is 16.9 Å². The average molecular weight is 204 g/mol. The number of aryl methyl sites for hydroxylation is 1. The van der Waals surface area contributed by atoms with Gasteiger partial charge >= 0.3 is 0 Å². The highest BCUT2D eigenvalue weighted by Gasteiger charge is 2.21. The summed E-state index contributed by atoms with van der Waals surface area (Å²) >= 11 is 0. The van der Waals surface area contributed by atoms with Gasteiger partial charge in [-0.15, -0.1) is 0 Å². The number of aromatic hydroxyl groups is 1. The number of nitrogens with zero attached hydrogens (tertiary/aromatic N) is 2. The van der Waals surface area contributed by atoms with Crippen molar-refractivity contribution in [3.05, 3.63) is 24.0 Å². The number of imidazole rings is 1. The molecule has 0 spiro atoms. The lowest BCUT2D eigenvalue weighted by molar-refractivity contribution is 0.475. The summed E-state index contributed by atoms with van der Waals surface area (Å²) in [5, 5.41) is 9.43. The van der Waals surface area contributed by atoms with E-state index in [1.165, 1.54) is 0 Å². The Labute approximate surface area is 89.4 Å². The van der Waals surface area contributed by atoms with Crippen molar-refractivity contribution >= 4 is 11.0 Å². The number of benzene rings is 1. The number of rotatable bonds is 0. The van der Waals surface area contributed by atoms with E-state index in [9.17, 15) is 5.11 Å². The molecule has 0 aliphatic heterocycles. The van der Waals surface area contributed by atoms with Crippen molar-refractivity contribution in [2.45, 2.75) is 26.2 Å². The van der Waals surface area contributed by atoms with Crippen LogP contribution >= 0.6 is 0 Å². The summed E-state index contributed by atoms with van der Waals surface area (Å²) in [6, 6.07) is 5.26. The number of hydrogen-bond donors (Lipinski definition) is 1. The highest BCUT2D eigenvalue weighted by Crippen LogP contribution is 2.26. The van der Waals surface area contributed by atoms with Gasteiger partial charge in [-0.05, 0) is 12.1 Å². The van der Waals surface area contributed by atoms with Crippen LogP contribution in [-0.4, -0.2) is 14.7 Å². The van der Waals surface area contributed by atoms with Crippen LogP contribution in [0.1, 0.15) is 26.6 Å². The average Bonchev–Trinajstić information content (AvgIpc) is 2.43. The van der Waals surface area contributed by atoms with Crippen LogP contribution in [0, 0.1) is 0 Å². The van der Waals surface area contributed by atoms with E-state index in [4.69, 9.17) is 0 Å². The Balaban J connectivity index is 2.76. The molecular weight excluding hydrogens is 188 g/mol. The number of aromatic nitrogens is 2. The second-order valence-electron chi connectivity index (χ2n) is 4.92. The van der Waals surface area contributed by atoms with Crippen LogP contribution in [0.25, 0.3) is 11.0 Å². The highest BCUT2D eigenvalue weighted by atomic mass is 16.3. The van der Waals surface area contributed by atoms with E-state index < -0.39 is 0 Å². The third-order valence-electron chi connectivity index (χ3n) is 2.54. The normalized spacial score (nSPS) is 12.3. The van der Waals surface area contributed by atoms with Crippen molar-refractivity contribution in [3.8, 4) is 5.75 Å². The molecule has 80 valence electrons. The molecule has 1 aromatic carbocycles. The zero-order valence-electron chi connectivity index (χ0n) is 9.57. The monoisotopic (exact) mass is 204 g/mol. The molecule has 2 aromatic rings. The molecule has 0 bridgehead atoms. The molecule has 2 rings (SSSR count).